The summed E-state index contributed by atoms with van der Waals surface area (Å²) in [6.07, 6.45) is 0. The highest BCUT2D eigenvalue weighted by Gasteiger charge is 2.32. The molecule has 116 heavy (non-hydrogen) atoms. The number of fused-ring (bicyclic) bond motifs is 34. The molecule has 0 amide bonds. The van der Waals surface area contributed by atoms with Crippen LogP contribution >= 0.6 is 22.7 Å². The Hall–Kier alpha value is -15.1. The van der Waals surface area contributed by atoms with Crippen molar-refractivity contribution in [1.29, 1.82) is 0 Å². The highest BCUT2D eigenvalue weighted by atomic mass is 32.1. The first-order chi connectivity index (χ1) is 57.5. The van der Waals surface area contributed by atoms with Crippen LogP contribution in [0.2, 0.25) is 0 Å². The molecule has 0 saturated carbocycles. The Kier molecular flexibility index (Phi) is 11.9. The first-order valence-corrected chi connectivity index (χ1v) is 40.9. The normalized spacial score (nSPS) is 12.7. The van der Waals surface area contributed by atoms with Gasteiger partial charge in [0, 0.05) is 118 Å². The van der Waals surface area contributed by atoms with Gasteiger partial charge in [-0.25, -0.2) is 19.9 Å². The largest absolute Gasteiger partial charge is 0.456 e. The number of para-hydroxylation sites is 6. The summed E-state index contributed by atoms with van der Waals surface area (Å²) < 4.78 is 25.8. The van der Waals surface area contributed by atoms with Gasteiger partial charge in [-0.1, -0.05) is 212 Å². The van der Waals surface area contributed by atoms with Crippen molar-refractivity contribution < 1.29 is 8.83 Å². The van der Waals surface area contributed by atoms with E-state index in [0.717, 1.165) is 212 Å². The van der Waals surface area contributed by atoms with Crippen LogP contribution in [0.25, 0.3) is 273 Å². The topological polar surface area (TPSA) is 97.6 Å². The van der Waals surface area contributed by atoms with E-state index in [4.69, 9.17) is 28.8 Å². The summed E-state index contributed by atoms with van der Waals surface area (Å²) in [6.45, 7) is 0. The summed E-state index contributed by atoms with van der Waals surface area (Å²) in [7, 11) is 0. The van der Waals surface area contributed by atoms with E-state index in [1.807, 2.05) is 12.1 Å². The quantitative estimate of drug-likeness (QED) is 0.170. The molecular formula is C104H54N8O2S2. The molecule has 0 saturated heterocycles. The number of benzene rings is 16. The van der Waals surface area contributed by atoms with Gasteiger partial charge in [-0.3, -0.25) is 9.13 Å². The highest BCUT2D eigenvalue weighted by molar-refractivity contribution is 7.25. The second-order valence-electron chi connectivity index (χ2n) is 31.0. The Balaban J connectivity index is 0.649. The molecule has 534 valence electrons. The van der Waals surface area contributed by atoms with Crippen molar-refractivity contribution in [3.05, 3.63) is 328 Å². The summed E-state index contributed by atoms with van der Waals surface area (Å²) >= 11 is 3.37. The third kappa shape index (κ3) is 8.16. The predicted molar refractivity (Wildman–Crippen MR) is 480 cm³/mol. The third-order valence-electron chi connectivity index (χ3n) is 25.1. The van der Waals surface area contributed by atoms with Crippen LogP contribution in [0.15, 0.2) is 336 Å². The average Bonchev–Trinajstić information content (AvgIpc) is 1.53. The van der Waals surface area contributed by atoms with Crippen LogP contribution in [0.4, 0.5) is 0 Å². The maximum absolute atomic E-state index is 7.12. The molecule has 16 aromatic carbocycles. The Morgan fingerprint density at radius 1 is 0.216 bits per heavy atom. The molecule has 0 unspecified atom stereocenters. The van der Waals surface area contributed by atoms with Crippen molar-refractivity contribution in [1.82, 2.24) is 38.2 Å². The van der Waals surface area contributed by atoms with E-state index >= 15 is 0 Å². The number of hydrogen-bond donors (Lipinski definition) is 0. The van der Waals surface area contributed by atoms with Gasteiger partial charge in [-0.15, -0.1) is 22.7 Å². The lowest BCUT2D eigenvalue weighted by Crippen LogP contribution is -2.03. The summed E-state index contributed by atoms with van der Waals surface area (Å²) in [4.78, 5) is 24.9. The SMILES string of the molecule is c1ccc2c(c1)-c1ccccc1-n1c3cc4c5ccccc5n(-c5nc6sc7ccccc7c6nc5-c5ccc6c(c5)oc5ccc(-c7cc8c9c(c7)c7cc%10c(cc7n9-c7ccccc7-c7ccccc7-8)c7ccccc7n%10-c7nc8c(nc7-c7ccc9c(c7)oc7ccccc79)sc7ccccc78)cc56)c4cc3c3cccc-2c31. The number of aromatic nitrogens is 8. The maximum atomic E-state index is 7.12. The molecule has 12 heteroatoms. The number of thiophene rings is 2. The van der Waals surface area contributed by atoms with Gasteiger partial charge in [0.1, 0.15) is 54.4 Å². The molecule has 2 aliphatic rings. The number of nitrogens with zero attached hydrogens (tertiary/aromatic N) is 8. The van der Waals surface area contributed by atoms with E-state index < -0.39 is 0 Å². The summed E-state index contributed by atoms with van der Waals surface area (Å²) in [5.41, 5.74) is 31.2. The van der Waals surface area contributed by atoms with Crippen LogP contribution in [0, 0.1) is 0 Å². The molecule has 0 spiro atoms. The van der Waals surface area contributed by atoms with E-state index in [1.165, 1.54) is 60.9 Å². The second kappa shape index (κ2) is 22.4. The molecule has 28 rings (SSSR count). The average molecular weight is 1510 g/mol. The fourth-order valence-electron chi connectivity index (χ4n) is 20.1. The Bertz CT molecular complexity index is 9020. The van der Waals surface area contributed by atoms with Gasteiger partial charge in [-0.05, 0) is 149 Å². The van der Waals surface area contributed by atoms with Gasteiger partial charge < -0.3 is 18.0 Å². The minimum atomic E-state index is 0.749. The van der Waals surface area contributed by atoms with Crippen molar-refractivity contribution >= 4 is 195 Å². The molecule has 2 aliphatic heterocycles. The maximum Gasteiger partial charge on any atom is 0.166 e. The molecule has 0 fully saturated rings. The summed E-state index contributed by atoms with van der Waals surface area (Å²) in [5.74, 6) is 1.50. The molecule has 26 aromatic rings. The zero-order chi connectivity index (χ0) is 75.0. The van der Waals surface area contributed by atoms with Crippen molar-refractivity contribution in [2.24, 2.45) is 0 Å². The van der Waals surface area contributed by atoms with Gasteiger partial charge in [0.25, 0.3) is 0 Å². The van der Waals surface area contributed by atoms with E-state index in [-0.39, 0.29) is 0 Å². The number of hydrogen-bond acceptors (Lipinski definition) is 8. The van der Waals surface area contributed by atoms with Gasteiger partial charge in [0.15, 0.2) is 11.6 Å². The third-order valence-corrected chi connectivity index (χ3v) is 27.2. The van der Waals surface area contributed by atoms with Crippen LogP contribution in [0.1, 0.15) is 0 Å². The highest BCUT2D eigenvalue weighted by Crippen LogP contribution is 2.54. The first-order valence-electron chi connectivity index (χ1n) is 39.2. The smallest absolute Gasteiger partial charge is 0.166 e. The van der Waals surface area contributed by atoms with E-state index in [1.54, 1.807) is 22.7 Å². The van der Waals surface area contributed by atoms with Crippen molar-refractivity contribution in [3.8, 4) is 101 Å². The van der Waals surface area contributed by atoms with Gasteiger partial charge in [0.05, 0.1) is 55.5 Å². The lowest BCUT2D eigenvalue weighted by Gasteiger charge is -2.14. The van der Waals surface area contributed by atoms with E-state index in [9.17, 15) is 0 Å². The fraction of sp³-hybridized carbons (Fsp3) is 0. The molecule has 12 heterocycles. The molecule has 0 aliphatic carbocycles. The van der Waals surface area contributed by atoms with Gasteiger partial charge in [0.2, 0.25) is 0 Å². The standard InChI is InChI=1S/C104H54N8O2S2/c1-3-22-61-59(20-1)63-24-5-12-33-81(63)109-85-51-74-66-27-8-15-36-84(66)112(87(74)53-76(85)71-32-19-31-70(61)99(71)109)102-95(105-97-72-29-10-17-38-93(72)116-104(97)108-102)56-41-44-69-78-46-55(42-45-90(78)114-92(69)49-56)58-47-79-62-23-4-2-21-60(62)64-25-6-13-34-82(64)110-86-52-75-65-26-7-14-35-83(65)111(88(75)54-77(86)80(48-58)100(79)110)101-96(107-103-98(106-101)73-30-11-18-39-94(73)115-103)57-40-43-68-67-28-9-16-37-89(67)113-91(68)50-57/h1-54H. The number of furan rings is 2. The Labute approximate surface area is 665 Å². The Morgan fingerprint density at radius 3 is 1.26 bits per heavy atom. The molecule has 10 nitrogen and oxygen atoms in total. The fourth-order valence-corrected chi connectivity index (χ4v) is 22.1. The minimum Gasteiger partial charge on any atom is -0.456 e. The van der Waals surface area contributed by atoms with Crippen molar-refractivity contribution in [2.75, 3.05) is 0 Å². The van der Waals surface area contributed by atoms with Crippen LogP contribution in [0.5, 0.6) is 0 Å². The second-order valence-corrected chi connectivity index (χ2v) is 33.1. The monoisotopic (exact) mass is 1510 g/mol. The van der Waals surface area contributed by atoms with Crippen LogP contribution < -0.4 is 0 Å². The zero-order valence-electron chi connectivity index (χ0n) is 61.4. The van der Waals surface area contributed by atoms with Gasteiger partial charge in [-0.2, -0.15) is 0 Å². The number of rotatable bonds is 5. The molecule has 0 radical (unpaired) electrons. The van der Waals surface area contributed by atoms with E-state index in [0.29, 0.717) is 0 Å². The molecule has 0 bridgehead atoms. The lowest BCUT2D eigenvalue weighted by molar-refractivity contribution is 0.668. The zero-order valence-corrected chi connectivity index (χ0v) is 63.0. The predicted octanol–water partition coefficient (Wildman–Crippen LogP) is 28.5. The van der Waals surface area contributed by atoms with E-state index in [2.05, 4.69) is 334 Å². The molecular weight excluding hydrogens is 1460 g/mol. The molecule has 10 aromatic heterocycles. The van der Waals surface area contributed by atoms with Crippen LogP contribution in [0.3, 0.4) is 0 Å². The molecule has 0 N–H and O–H groups in total. The van der Waals surface area contributed by atoms with Crippen molar-refractivity contribution in [3.63, 3.8) is 0 Å². The Morgan fingerprint density at radius 2 is 0.629 bits per heavy atom. The lowest BCUT2D eigenvalue weighted by atomic mass is 9.91. The molecule has 0 atom stereocenters. The van der Waals surface area contributed by atoms with Gasteiger partial charge >= 0.3 is 0 Å². The van der Waals surface area contributed by atoms with Crippen LogP contribution in [-0.2, 0) is 0 Å². The van der Waals surface area contributed by atoms with Crippen LogP contribution in [-0.4, -0.2) is 38.2 Å². The summed E-state index contributed by atoms with van der Waals surface area (Å²) in [6, 6.07) is 120. The summed E-state index contributed by atoms with van der Waals surface area (Å²) in [5, 5.41) is 15.5. The first kappa shape index (κ1) is 61.6. The van der Waals surface area contributed by atoms with Crippen molar-refractivity contribution in [2.45, 2.75) is 0 Å². The minimum absolute atomic E-state index is 0.749.